The van der Waals surface area contributed by atoms with Crippen molar-refractivity contribution in [3.05, 3.63) is 5.38 Å². The second kappa shape index (κ2) is 5.53. The van der Waals surface area contributed by atoms with E-state index < -0.39 is 0 Å². The number of anilines is 2. The topological polar surface area (TPSA) is 19.4 Å². The summed E-state index contributed by atoms with van der Waals surface area (Å²) in [5, 5.41) is 3.38. The number of hydrogen-bond acceptors (Lipinski definition) is 4. The van der Waals surface area contributed by atoms with Gasteiger partial charge in [-0.3, -0.25) is 0 Å². The van der Waals surface area contributed by atoms with E-state index in [2.05, 4.69) is 29.0 Å². The molecule has 1 aliphatic rings. The molecule has 4 heteroatoms. The summed E-state index contributed by atoms with van der Waals surface area (Å²) in [6.45, 7) is 8.83. The van der Waals surface area contributed by atoms with Crippen LogP contribution in [0.15, 0.2) is 5.38 Å². The van der Waals surface area contributed by atoms with Crippen LogP contribution in [0.25, 0.3) is 0 Å². The van der Waals surface area contributed by atoms with Gasteiger partial charge in [-0.05, 0) is 33.1 Å². The van der Waals surface area contributed by atoms with E-state index >= 15 is 0 Å². The third kappa shape index (κ3) is 2.48. The average Bonchev–Trinajstić information content (AvgIpc) is 2.81. The van der Waals surface area contributed by atoms with E-state index in [9.17, 15) is 0 Å². The van der Waals surface area contributed by atoms with E-state index in [0.717, 1.165) is 13.1 Å². The van der Waals surface area contributed by atoms with Gasteiger partial charge in [0.1, 0.15) is 5.82 Å². The molecule has 1 aromatic heterocycles. The molecular weight excluding hydrogens is 218 g/mol. The zero-order valence-corrected chi connectivity index (χ0v) is 11.1. The van der Waals surface area contributed by atoms with E-state index in [0.29, 0.717) is 0 Å². The minimum atomic E-state index is 1.05. The van der Waals surface area contributed by atoms with Crippen molar-refractivity contribution in [1.82, 2.24) is 4.98 Å². The van der Waals surface area contributed by atoms with Crippen LogP contribution in [0.5, 0.6) is 0 Å². The number of rotatable bonds is 4. The number of thiazole rings is 1. The molecular formula is C12H21N3S. The Bertz CT molecular complexity index is 314. The maximum Gasteiger partial charge on any atom is 0.187 e. The maximum atomic E-state index is 4.75. The van der Waals surface area contributed by atoms with Gasteiger partial charge in [-0.25, -0.2) is 4.98 Å². The molecule has 1 saturated heterocycles. The highest BCUT2D eigenvalue weighted by molar-refractivity contribution is 7.14. The maximum absolute atomic E-state index is 4.75. The van der Waals surface area contributed by atoms with Crippen LogP contribution in [-0.2, 0) is 0 Å². The molecule has 0 saturated carbocycles. The predicted molar refractivity (Wildman–Crippen MR) is 71.7 cm³/mol. The lowest BCUT2D eigenvalue weighted by molar-refractivity contribution is 0.574. The fraction of sp³-hybridized carbons (Fsp3) is 0.750. The molecule has 90 valence electrons. The van der Waals surface area contributed by atoms with Crippen LogP contribution in [0.2, 0.25) is 0 Å². The smallest absolute Gasteiger partial charge is 0.187 e. The van der Waals surface area contributed by atoms with Crippen LogP contribution < -0.4 is 9.80 Å². The van der Waals surface area contributed by atoms with Gasteiger partial charge in [0.15, 0.2) is 5.13 Å². The first-order valence-corrected chi connectivity index (χ1v) is 7.18. The van der Waals surface area contributed by atoms with Gasteiger partial charge < -0.3 is 9.80 Å². The summed E-state index contributed by atoms with van der Waals surface area (Å²) >= 11 is 1.77. The zero-order valence-electron chi connectivity index (χ0n) is 10.3. The zero-order chi connectivity index (χ0) is 11.4. The predicted octanol–water partition coefficient (Wildman–Crippen LogP) is 2.98. The highest BCUT2D eigenvalue weighted by atomic mass is 32.1. The molecule has 0 amide bonds. The van der Waals surface area contributed by atoms with Crippen LogP contribution in [-0.4, -0.2) is 31.2 Å². The summed E-state index contributed by atoms with van der Waals surface area (Å²) in [6.07, 6.45) is 4.01. The van der Waals surface area contributed by atoms with Gasteiger partial charge in [-0.1, -0.05) is 0 Å². The Balaban J connectivity index is 2.05. The minimum Gasteiger partial charge on any atom is -0.356 e. The van der Waals surface area contributed by atoms with Gasteiger partial charge in [0.05, 0.1) is 0 Å². The van der Waals surface area contributed by atoms with Gasteiger partial charge in [0.25, 0.3) is 0 Å². The summed E-state index contributed by atoms with van der Waals surface area (Å²) in [4.78, 5) is 9.49. The highest BCUT2D eigenvalue weighted by Crippen LogP contribution is 2.27. The number of aromatic nitrogens is 1. The average molecular weight is 239 g/mol. The lowest BCUT2D eigenvalue weighted by Crippen LogP contribution is -2.29. The van der Waals surface area contributed by atoms with Crippen molar-refractivity contribution < 1.29 is 0 Å². The Morgan fingerprint density at radius 2 is 1.94 bits per heavy atom. The summed E-state index contributed by atoms with van der Waals surface area (Å²) in [5.41, 5.74) is 0. The molecule has 0 aliphatic carbocycles. The third-order valence-corrected chi connectivity index (χ3v) is 4.08. The minimum absolute atomic E-state index is 1.05. The first-order valence-electron chi connectivity index (χ1n) is 6.30. The van der Waals surface area contributed by atoms with Gasteiger partial charge in [0.2, 0.25) is 0 Å². The molecule has 0 radical (unpaired) electrons. The molecule has 1 aromatic rings. The molecule has 0 aromatic carbocycles. The monoisotopic (exact) mass is 239 g/mol. The molecule has 3 nitrogen and oxygen atoms in total. The SMILES string of the molecule is CCN(CC)c1nc(N2CCCCC2)cs1. The fourth-order valence-electron chi connectivity index (χ4n) is 2.16. The van der Waals surface area contributed by atoms with E-state index in [4.69, 9.17) is 4.98 Å². The first-order chi connectivity index (χ1) is 7.85. The molecule has 0 N–H and O–H groups in total. The molecule has 16 heavy (non-hydrogen) atoms. The van der Waals surface area contributed by atoms with Crippen LogP contribution >= 0.6 is 11.3 Å². The third-order valence-electron chi connectivity index (χ3n) is 3.19. The largest absolute Gasteiger partial charge is 0.356 e. The summed E-state index contributed by atoms with van der Waals surface area (Å²) in [5.74, 6) is 1.19. The van der Waals surface area contributed by atoms with Gasteiger partial charge in [0, 0.05) is 31.6 Å². The van der Waals surface area contributed by atoms with Crippen molar-refractivity contribution in [2.75, 3.05) is 36.0 Å². The van der Waals surface area contributed by atoms with E-state index in [1.165, 1.54) is 43.3 Å². The normalized spacial score (nSPS) is 16.5. The molecule has 2 rings (SSSR count). The molecule has 1 fully saturated rings. The Morgan fingerprint density at radius 3 is 2.56 bits per heavy atom. The number of nitrogens with zero attached hydrogens (tertiary/aromatic N) is 3. The molecule has 0 spiro atoms. The standard InChI is InChI=1S/C12H21N3S/c1-3-14(4-2)12-13-11(10-16-12)15-8-6-5-7-9-15/h10H,3-9H2,1-2H3. The molecule has 0 unspecified atom stereocenters. The van der Waals surface area contributed by atoms with Gasteiger partial charge in [-0.15, -0.1) is 11.3 Å². The van der Waals surface area contributed by atoms with Crippen molar-refractivity contribution in [3.8, 4) is 0 Å². The van der Waals surface area contributed by atoms with Crippen molar-refractivity contribution in [3.63, 3.8) is 0 Å². The summed E-state index contributed by atoms with van der Waals surface area (Å²) < 4.78 is 0. The second-order valence-electron chi connectivity index (χ2n) is 4.21. The van der Waals surface area contributed by atoms with Crippen LogP contribution in [0, 0.1) is 0 Å². The van der Waals surface area contributed by atoms with Gasteiger partial charge >= 0.3 is 0 Å². The van der Waals surface area contributed by atoms with Gasteiger partial charge in [-0.2, -0.15) is 0 Å². The highest BCUT2D eigenvalue weighted by Gasteiger charge is 2.15. The Labute approximate surface area is 102 Å². The van der Waals surface area contributed by atoms with Crippen LogP contribution in [0.1, 0.15) is 33.1 Å². The number of hydrogen-bond donors (Lipinski definition) is 0. The van der Waals surface area contributed by atoms with Crippen molar-refractivity contribution in [2.45, 2.75) is 33.1 Å². The lowest BCUT2D eigenvalue weighted by atomic mass is 10.1. The fourth-order valence-corrected chi connectivity index (χ4v) is 3.13. The van der Waals surface area contributed by atoms with Crippen LogP contribution in [0.3, 0.4) is 0 Å². The van der Waals surface area contributed by atoms with Crippen molar-refractivity contribution >= 4 is 22.3 Å². The van der Waals surface area contributed by atoms with Crippen LogP contribution in [0.4, 0.5) is 10.9 Å². The van der Waals surface area contributed by atoms with E-state index in [1.54, 1.807) is 11.3 Å². The second-order valence-corrected chi connectivity index (χ2v) is 5.04. The van der Waals surface area contributed by atoms with Crippen molar-refractivity contribution in [2.24, 2.45) is 0 Å². The summed E-state index contributed by atoms with van der Waals surface area (Å²) in [6, 6.07) is 0. The van der Waals surface area contributed by atoms with E-state index in [-0.39, 0.29) is 0 Å². The molecule has 0 atom stereocenters. The first kappa shape index (κ1) is 11.7. The molecule has 1 aliphatic heterocycles. The quantitative estimate of drug-likeness (QED) is 0.805. The van der Waals surface area contributed by atoms with Crippen molar-refractivity contribution in [1.29, 1.82) is 0 Å². The molecule has 0 bridgehead atoms. The molecule has 2 heterocycles. The Morgan fingerprint density at radius 1 is 1.25 bits per heavy atom. The summed E-state index contributed by atoms with van der Waals surface area (Å²) in [7, 11) is 0. The number of piperidine rings is 1. The Kier molecular flexibility index (Phi) is 4.04. The lowest BCUT2D eigenvalue weighted by Gasteiger charge is -2.26. The Hall–Kier alpha value is -0.770. The van der Waals surface area contributed by atoms with E-state index in [1.807, 2.05) is 0 Å².